The van der Waals surface area contributed by atoms with Crippen LogP contribution < -0.4 is 5.32 Å². The van der Waals surface area contributed by atoms with Crippen molar-refractivity contribution in [3.8, 4) is 0 Å². The van der Waals surface area contributed by atoms with Gasteiger partial charge in [0, 0.05) is 66.1 Å². The Kier molecular flexibility index (Phi) is 12.4. The number of hydrogen-bond donors (Lipinski definition) is 1. The minimum absolute atomic E-state index is 0. The maximum atomic E-state index is 12.6. The highest BCUT2D eigenvalue weighted by atomic mass is 127. The molecular formula is C22H41IN8O2. The lowest BCUT2D eigenvalue weighted by atomic mass is 10.1. The third-order valence-corrected chi connectivity index (χ3v) is 6.25. The highest BCUT2D eigenvalue weighted by Crippen LogP contribution is 2.10. The molecule has 0 spiro atoms. The molecule has 2 saturated heterocycles. The van der Waals surface area contributed by atoms with Crippen molar-refractivity contribution in [2.45, 2.75) is 46.1 Å². The zero-order valence-electron chi connectivity index (χ0n) is 20.5. The Bertz CT molecular complexity index is 743. The summed E-state index contributed by atoms with van der Waals surface area (Å²) in [7, 11) is 1.97. The summed E-state index contributed by atoms with van der Waals surface area (Å²) >= 11 is 0. The fourth-order valence-corrected chi connectivity index (χ4v) is 4.07. The van der Waals surface area contributed by atoms with Gasteiger partial charge in [-0.15, -0.1) is 34.2 Å². The lowest BCUT2D eigenvalue weighted by Gasteiger charge is -2.37. The summed E-state index contributed by atoms with van der Waals surface area (Å²) in [6.45, 7) is 12.5. The first-order valence-corrected chi connectivity index (χ1v) is 12.0. The van der Waals surface area contributed by atoms with Gasteiger partial charge in [-0.2, -0.15) is 0 Å². The number of aryl methyl sites for hydroxylation is 1. The van der Waals surface area contributed by atoms with Crippen LogP contribution in [0.1, 0.15) is 44.3 Å². The van der Waals surface area contributed by atoms with Crippen molar-refractivity contribution in [1.82, 2.24) is 34.8 Å². The van der Waals surface area contributed by atoms with Crippen LogP contribution in [0.4, 0.5) is 0 Å². The van der Waals surface area contributed by atoms with Gasteiger partial charge in [0.05, 0.1) is 6.54 Å². The molecule has 3 rings (SSSR count). The number of aromatic nitrogens is 3. The third kappa shape index (κ3) is 8.67. The molecule has 10 nitrogen and oxygen atoms in total. The van der Waals surface area contributed by atoms with E-state index in [9.17, 15) is 4.79 Å². The zero-order valence-corrected chi connectivity index (χ0v) is 22.8. The number of likely N-dealkylation sites (tertiary alicyclic amines) is 1. The van der Waals surface area contributed by atoms with E-state index in [0.717, 1.165) is 95.9 Å². The number of nitrogens with one attached hydrogen (secondary N) is 1. The second-order valence-corrected chi connectivity index (χ2v) is 8.54. The molecular weight excluding hydrogens is 535 g/mol. The van der Waals surface area contributed by atoms with Crippen LogP contribution in [0.5, 0.6) is 0 Å². The summed E-state index contributed by atoms with van der Waals surface area (Å²) in [4.78, 5) is 24.0. The number of halogens is 1. The van der Waals surface area contributed by atoms with Gasteiger partial charge in [-0.25, -0.2) is 4.99 Å². The van der Waals surface area contributed by atoms with E-state index in [-0.39, 0.29) is 29.9 Å². The Labute approximate surface area is 215 Å². The highest BCUT2D eigenvalue weighted by molar-refractivity contribution is 14.0. The Hall–Kier alpha value is -1.47. The van der Waals surface area contributed by atoms with Crippen LogP contribution in [0.3, 0.4) is 0 Å². The molecule has 1 N–H and O–H groups in total. The van der Waals surface area contributed by atoms with Crippen LogP contribution in [0.2, 0.25) is 0 Å². The zero-order chi connectivity index (χ0) is 22.8. The number of carbonyl (C=O) groups excluding carboxylic acids is 1. The van der Waals surface area contributed by atoms with E-state index in [1.165, 1.54) is 6.42 Å². The van der Waals surface area contributed by atoms with Crippen molar-refractivity contribution in [3.05, 3.63) is 11.6 Å². The van der Waals surface area contributed by atoms with Gasteiger partial charge in [0.2, 0.25) is 5.91 Å². The molecule has 1 aromatic rings. The first-order chi connectivity index (χ1) is 15.6. The van der Waals surface area contributed by atoms with E-state index in [2.05, 4.69) is 25.3 Å². The molecule has 0 aromatic carbocycles. The first-order valence-electron chi connectivity index (χ1n) is 12.0. The van der Waals surface area contributed by atoms with Crippen LogP contribution in [-0.2, 0) is 23.1 Å². The van der Waals surface area contributed by atoms with Crippen molar-refractivity contribution in [1.29, 1.82) is 0 Å². The molecule has 2 aliphatic heterocycles. The monoisotopic (exact) mass is 576 g/mol. The number of carbonyl (C=O) groups is 1. The summed E-state index contributed by atoms with van der Waals surface area (Å²) in [5.41, 5.74) is 0. The predicted molar refractivity (Wildman–Crippen MR) is 140 cm³/mol. The highest BCUT2D eigenvalue weighted by Gasteiger charge is 2.24. The molecule has 1 amide bonds. The van der Waals surface area contributed by atoms with Gasteiger partial charge in [0.15, 0.2) is 11.8 Å². The van der Waals surface area contributed by atoms with E-state index >= 15 is 0 Å². The van der Waals surface area contributed by atoms with Gasteiger partial charge < -0.3 is 24.4 Å². The van der Waals surface area contributed by atoms with Gasteiger partial charge >= 0.3 is 0 Å². The summed E-state index contributed by atoms with van der Waals surface area (Å²) < 4.78 is 7.42. The topological polar surface area (TPSA) is 91.1 Å². The lowest BCUT2D eigenvalue weighted by molar-refractivity contribution is -0.133. The quantitative estimate of drug-likeness (QED) is 0.205. The van der Waals surface area contributed by atoms with E-state index in [1.807, 2.05) is 30.4 Å². The van der Waals surface area contributed by atoms with Crippen molar-refractivity contribution >= 4 is 35.8 Å². The number of amides is 1. The maximum Gasteiger partial charge on any atom is 0.236 e. The lowest BCUT2D eigenvalue weighted by Crippen LogP contribution is -2.54. The van der Waals surface area contributed by atoms with Crippen LogP contribution in [0.15, 0.2) is 4.99 Å². The minimum Gasteiger partial charge on any atom is -0.382 e. The minimum atomic E-state index is 0. The fraction of sp³-hybridized carbons (Fsp3) is 0.818. The second-order valence-electron chi connectivity index (χ2n) is 8.54. The fourth-order valence-electron chi connectivity index (χ4n) is 4.07. The molecule has 33 heavy (non-hydrogen) atoms. The molecule has 11 heteroatoms. The molecule has 0 aliphatic carbocycles. The molecule has 0 radical (unpaired) electrons. The van der Waals surface area contributed by atoms with Gasteiger partial charge in [-0.05, 0) is 39.5 Å². The largest absolute Gasteiger partial charge is 0.382 e. The van der Waals surface area contributed by atoms with Crippen LogP contribution in [-0.4, -0.2) is 107 Å². The SMILES string of the molecule is CCOCCCNC(=NCc1nnc(C)n1C)N1CCN(CC(=O)N2CCCCC2)CC1.I. The van der Waals surface area contributed by atoms with E-state index in [4.69, 9.17) is 9.73 Å². The number of piperidine rings is 1. The number of hydrogen-bond acceptors (Lipinski definition) is 6. The summed E-state index contributed by atoms with van der Waals surface area (Å²) in [5, 5.41) is 11.9. The molecule has 0 saturated carbocycles. The summed E-state index contributed by atoms with van der Waals surface area (Å²) in [6.07, 6.45) is 4.45. The smallest absolute Gasteiger partial charge is 0.236 e. The standard InChI is InChI=1S/C22H40N8O2.HI/c1-4-32-16-8-9-23-22(24-17-20-26-25-19(2)27(20)3)30-14-12-28(13-15-30)18-21(31)29-10-6-5-7-11-29;/h4-18H2,1-3H3,(H,23,24);1H. The maximum absolute atomic E-state index is 12.6. The second kappa shape index (κ2) is 14.7. The van der Waals surface area contributed by atoms with Crippen LogP contribution in [0.25, 0.3) is 0 Å². The molecule has 0 bridgehead atoms. The Morgan fingerprint density at radius 2 is 1.79 bits per heavy atom. The van der Waals surface area contributed by atoms with Crippen molar-refractivity contribution < 1.29 is 9.53 Å². The number of ether oxygens (including phenoxy) is 1. The van der Waals surface area contributed by atoms with Crippen molar-refractivity contribution in [3.63, 3.8) is 0 Å². The molecule has 2 aliphatic rings. The van der Waals surface area contributed by atoms with Gasteiger partial charge in [-0.3, -0.25) is 9.69 Å². The van der Waals surface area contributed by atoms with E-state index < -0.39 is 0 Å². The third-order valence-electron chi connectivity index (χ3n) is 6.25. The average Bonchev–Trinajstić information content (AvgIpc) is 3.14. The normalized spacial score (nSPS) is 17.7. The Morgan fingerprint density at radius 3 is 2.42 bits per heavy atom. The molecule has 2 fully saturated rings. The Morgan fingerprint density at radius 1 is 1.06 bits per heavy atom. The van der Waals surface area contributed by atoms with Gasteiger partial charge in [0.1, 0.15) is 12.4 Å². The molecule has 188 valence electrons. The predicted octanol–water partition coefficient (Wildman–Crippen LogP) is 1.24. The number of aliphatic imine (C=N–C) groups is 1. The van der Waals surface area contributed by atoms with Gasteiger partial charge in [-0.1, -0.05) is 0 Å². The number of nitrogens with zero attached hydrogens (tertiary/aromatic N) is 7. The molecule has 3 heterocycles. The number of piperazine rings is 1. The average molecular weight is 577 g/mol. The molecule has 0 unspecified atom stereocenters. The number of rotatable bonds is 9. The molecule has 0 atom stereocenters. The Balaban J connectivity index is 0.00000385. The van der Waals surface area contributed by atoms with Crippen molar-refractivity contribution in [2.75, 3.05) is 65.6 Å². The van der Waals surface area contributed by atoms with Gasteiger partial charge in [0.25, 0.3) is 0 Å². The summed E-state index contributed by atoms with van der Waals surface area (Å²) in [5.74, 6) is 2.90. The summed E-state index contributed by atoms with van der Waals surface area (Å²) in [6, 6.07) is 0. The van der Waals surface area contributed by atoms with E-state index in [1.54, 1.807) is 0 Å². The van der Waals surface area contributed by atoms with Crippen molar-refractivity contribution in [2.24, 2.45) is 12.0 Å². The first kappa shape index (κ1) is 27.8. The van der Waals surface area contributed by atoms with E-state index in [0.29, 0.717) is 13.1 Å². The number of guanidine groups is 1. The molecule has 1 aromatic heterocycles. The van der Waals surface area contributed by atoms with Crippen LogP contribution in [0, 0.1) is 6.92 Å². The van der Waals surface area contributed by atoms with Crippen LogP contribution >= 0.6 is 24.0 Å².